The normalized spacial score (nSPS) is 16.3. The molecule has 1 atom stereocenters. The number of para-hydroxylation sites is 1. The molecule has 1 saturated heterocycles. The van der Waals surface area contributed by atoms with Crippen LogP contribution in [0.25, 0.3) is 28.0 Å². The van der Waals surface area contributed by atoms with Crippen molar-refractivity contribution in [3.8, 4) is 17.1 Å². The average Bonchev–Trinajstić information content (AvgIpc) is 3.52. The monoisotopic (exact) mass is 388 g/mol. The zero-order chi connectivity index (χ0) is 19.6. The second-order valence-corrected chi connectivity index (χ2v) is 7.06. The summed E-state index contributed by atoms with van der Waals surface area (Å²) in [5.41, 5.74) is 3.82. The zero-order valence-electron chi connectivity index (χ0n) is 15.7. The number of carbonyl (C=O) groups excluding carboxylic acids is 1. The van der Waals surface area contributed by atoms with E-state index < -0.39 is 0 Å². The number of H-pyrrole nitrogens is 1. The Labute approximate surface area is 166 Å². The second kappa shape index (κ2) is 7.48. The van der Waals surface area contributed by atoms with Crippen LogP contribution in [0, 0.1) is 0 Å². The van der Waals surface area contributed by atoms with Gasteiger partial charge in [0.15, 0.2) is 0 Å². The van der Waals surface area contributed by atoms with Crippen LogP contribution < -0.4 is 5.32 Å². The molecule has 5 rings (SSSR count). The van der Waals surface area contributed by atoms with Gasteiger partial charge in [0.25, 0.3) is 5.91 Å². The van der Waals surface area contributed by atoms with Gasteiger partial charge in [-0.25, -0.2) is 4.68 Å². The predicted molar refractivity (Wildman–Crippen MR) is 108 cm³/mol. The molecule has 0 spiro atoms. The summed E-state index contributed by atoms with van der Waals surface area (Å²) in [7, 11) is 0. The fourth-order valence-electron chi connectivity index (χ4n) is 3.54. The van der Waals surface area contributed by atoms with Gasteiger partial charge in [-0.1, -0.05) is 23.4 Å². The maximum Gasteiger partial charge on any atom is 0.251 e. The van der Waals surface area contributed by atoms with E-state index in [-0.39, 0.29) is 12.0 Å². The molecule has 1 aliphatic heterocycles. The lowest BCUT2D eigenvalue weighted by Crippen LogP contribution is -2.31. The summed E-state index contributed by atoms with van der Waals surface area (Å²) in [6, 6.07) is 15.2. The van der Waals surface area contributed by atoms with Crippen molar-refractivity contribution >= 4 is 16.8 Å². The van der Waals surface area contributed by atoms with Gasteiger partial charge >= 0.3 is 0 Å². The molecular formula is C21H20N6O2. The van der Waals surface area contributed by atoms with Crippen molar-refractivity contribution in [2.75, 3.05) is 13.2 Å². The third-order valence-electron chi connectivity index (χ3n) is 5.11. The van der Waals surface area contributed by atoms with Crippen LogP contribution in [0.2, 0.25) is 0 Å². The van der Waals surface area contributed by atoms with E-state index in [0.717, 1.165) is 41.7 Å². The number of nitrogens with zero attached hydrogens (tertiary/aromatic N) is 4. The molecule has 0 saturated carbocycles. The number of carbonyl (C=O) groups is 1. The average molecular weight is 388 g/mol. The van der Waals surface area contributed by atoms with Crippen molar-refractivity contribution in [3.63, 3.8) is 0 Å². The lowest BCUT2D eigenvalue weighted by atomic mass is 10.1. The third-order valence-corrected chi connectivity index (χ3v) is 5.11. The molecule has 4 aromatic rings. The molecule has 0 aliphatic carbocycles. The minimum absolute atomic E-state index is 0.102. The molecule has 1 aliphatic rings. The summed E-state index contributed by atoms with van der Waals surface area (Å²) in [4.78, 5) is 12.3. The van der Waals surface area contributed by atoms with Crippen molar-refractivity contribution in [2.45, 2.75) is 18.9 Å². The van der Waals surface area contributed by atoms with Crippen LogP contribution in [0.3, 0.4) is 0 Å². The molecule has 0 bridgehead atoms. The predicted octanol–water partition coefficient (Wildman–Crippen LogP) is 2.72. The van der Waals surface area contributed by atoms with Crippen LogP contribution in [0.5, 0.6) is 0 Å². The van der Waals surface area contributed by atoms with E-state index in [1.54, 1.807) is 16.8 Å². The first kappa shape index (κ1) is 17.6. The number of hydrogen-bond acceptors (Lipinski definition) is 5. The fourth-order valence-corrected chi connectivity index (χ4v) is 3.54. The maximum atomic E-state index is 12.3. The van der Waals surface area contributed by atoms with E-state index in [0.29, 0.717) is 17.8 Å². The molecule has 1 unspecified atom stereocenters. The number of hydrogen-bond donors (Lipinski definition) is 2. The molecule has 0 radical (unpaired) electrons. The number of aromatic nitrogens is 5. The van der Waals surface area contributed by atoms with Crippen LogP contribution in [0.15, 0.2) is 54.7 Å². The first-order valence-electron chi connectivity index (χ1n) is 9.64. The summed E-state index contributed by atoms with van der Waals surface area (Å²) in [6.07, 6.45) is 4.02. The Balaban J connectivity index is 1.31. The largest absolute Gasteiger partial charge is 0.376 e. The van der Waals surface area contributed by atoms with E-state index in [1.165, 1.54) is 0 Å². The zero-order valence-corrected chi connectivity index (χ0v) is 15.7. The highest BCUT2D eigenvalue weighted by Crippen LogP contribution is 2.24. The third kappa shape index (κ3) is 3.50. The summed E-state index contributed by atoms with van der Waals surface area (Å²) in [5.74, 6) is -0.102. The Morgan fingerprint density at radius 2 is 2.07 bits per heavy atom. The van der Waals surface area contributed by atoms with Crippen molar-refractivity contribution in [2.24, 2.45) is 0 Å². The number of rotatable bonds is 5. The Morgan fingerprint density at radius 1 is 1.21 bits per heavy atom. The molecule has 2 aromatic carbocycles. The molecule has 2 aromatic heterocycles. The highest BCUT2D eigenvalue weighted by atomic mass is 16.5. The van der Waals surface area contributed by atoms with E-state index >= 15 is 0 Å². The van der Waals surface area contributed by atoms with Gasteiger partial charge in [0.1, 0.15) is 11.4 Å². The van der Waals surface area contributed by atoms with Gasteiger partial charge in [-0.15, -0.1) is 5.10 Å². The first-order chi connectivity index (χ1) is 14.3. The summed E-state index contributed by atoms with van der Waals surface area (Å²) >= 11 is 0. The molecule has 3 heterocycles. The van der Waals surface area contributed by atoms with Crippen LogP contribution in [0.1, 0.15) is 23.2 Å². The van der Waals surface area contributed by atoms with Gasteiger partial charge in [0.05, 0.1) is 23.5 Å². The highest BCUT2D eigenvalue weighted by Gasteiger charge is 2.17. The molecular weight excluding hydrogens is 368 g/mol. The van der Waals surface area contributed by atoms with Gasteiger partial charge < -0.3 is 10.1 Å². The van der Waals surface area contributed by atoms with Crippen molar-refractivity contribution in [1.82, 2.24) is 30.5 Å². The molecule has 1 fully saturated rings. The maximum absolute atomic E-state index is 12.3. The summed E-state index contributed by atoms with van der Waals surface area (Å²) in [6.45, 7) is 1.33. The fraction of sp³-hybridized carbons (Fsp3) is 0.238. The molecule has 29 heavy (non-hydrogen) atoms. The van der Waals surface area contributed by atoms with Crippen LogP contribution in [-0.2, 0) is 4.74 Å². The molecule has 8 heteroatoms. The number of nitrogens with one attached hydrogen (secondary N) is 2. The highest BCUT2D eigenvalue weighted by molar-refractivity contribution is 5.94. The van der Waals surface area contributed by atoms with Gasteiger partial charge in [0.2, 0.25) is 0 Å². The van der Waals surface area contributed by atoms with E-state index in [9.17, 15) is 4.79 Å². The minimum Gasteiger partial charge on any atom is -0.376 e. The van der Waals surface area contributed by atoms with Crippen molar-refractivity contribution in [3.05, 3.63) is 60.3 Å². The van der Waals surface area contributed by atoms with Crippen molar-refractivity contribution < 1.29 is 9.53 Å². The topological polar surface area (TPSA) is 97.7 Å². The van der Waals surface area contributed by atoms with E-state index in [4.69, 9.17) is 4.74 Å². The second-order valence-electron chi connectivity index (χ2n) is 7.06. The van der Waals surface area contributed by atoms with E-state index in [1.807, 2.05) is 42.6 Å². The quantitative estimate of drug-likeness (QED) is 0.548. The number of aromatic amines is 1. The van der Waals surface area contributed by atoms with Crippen molar-refractivity contribution in [1.29, 1.82) is 0 Å². The Kier molecular flexibility index (Phi) is 4.53. The Bertz CT molecular complexity index is 1140. The van der Waals surface area contributed by atoms with Crippen LogP contribution in [-0.4, -0.2) is 50.4 Å². The molecule has 1 amide bonds. The Hall–Kier alpha value is -3.52. The van der Waals surface area contributed by atoms with Gasteiger partial charge in [-0.05, 0) is 43.2 Å². The van der Waals surface area contributed by atoms with Crippen LogP contribution >= 0.6 is 0 Å². The lowest BCUT2D eigenvalue weighted by Gasteiger charge is -2.11. The standard InChI is InChI=1S/C21H20N6O2/c28-21(22-12-16-4-3-11-29-16)14-7-9-15(10-8-14)27-13-19(24-26-27)20-17-5-1-2-6-18(17)23-25-20/h1-2,5-10,13,16H,3-4,11-12H2,(H,22,28)(H,23,25). The van der Waals surface area contributed by atoms with Crippen LogP contribution in [0.4, 0.5) is 0 Å². The number of amides is 1. The smallest absolute Gasteiger partial charge is 0.251 e. The first-order valence-corrected chi connectivity index (χ1v) is 9.64. The lowest BCUT2D eigenvalue weighted by molar-refractivity contribution is 0.0858. The van der Waals surface area contributed by atoms with Gasteiger partial charge in [-0.2, -0.15) is 5.10 Å². The van der Waals surface area contributed by atoms with E-state index in [2.05, 4.69) is 25.8 Å². The SMILES string of the molecule is O=C(NCC1CCCO1)c1ccc(-n2cc(-c3n[nH]c4ccccc34)nn2)cc1. The Morgan fingerprint density at radius 3 is 2.90 bits per heavy atom. The number of benzene rings is 2. The minimum atomic E-state index is -0.102. The number of ether oxygens (including phenoxy) is 1. The number of fused-ring (bicyclic) bond motifs is 1. The van der Waals surface area contributed by atoms with Gasteiger partial charge in [-0.3, -0.25) is 9.89 Å². The molecule has 146 valence electrons. The summed E-state index contributed by atoms with van der Waals surface area (Å²) < 4.78 is 7.21. The molecule has 8 nitrogen and oxygen atoms in total. The van der Waals surface area contributed by atoms with Gasteiger partial charge in [0, 0.05) is 24.1 Å². The summed E-state index contributed by atoms with van der Waals surface area (Å²) in [5, 5.41) is 19.8. The molecule has 2 N–H and O–H groups in total.